The lowest BCUT2D eigenvalue weighted by molar-refractivity contribution is 0.0873. The van der Waals surface area contributed by atoms with Crippen molar-refractivity contribution in [1.82, 2.24) is 0 Å². The second kappa shape index (κ2) is 13.6. The van der Waals surface area contributed by atoms with Gasteiger partial charge in [-0.2, -0.15) is 37.9 Å². The molecule has 0 amide bonds. The van der Waals surface area contributed by atoms with Gasteiger partial charge in [0.05, 0.1) is 0 Å². The van der Waals surface area contributed by atoms with Crippen LogP contribution < -0.4 is 0 Å². The van der Waals surface area contributed by atoms with Gasteiger partial charge >= 0.3 is 26.4 Å². The lowest BCUT2D eigenvalue weighted by atomic mass is 10.6. The summed E-state index contributed by atoms with van der Waals surface area (Å²) in [4.78, 5) is 21.5. The molecule has 0 bridgehead atoms. The predicted molar refractivity (Wildman–Crippen MR) is 115 cm³/mol. The highest BCUT2D eigenvalue weighted by molar-refractivity contribution is 7.80. The maximum Gasteiger partial charge on any atom is 0.490 e. The third-order valence-electron chi connectivity index (χ3n) is 3.52. The first-order valence-corrected chi connectivity index (χ1v) is 15.9. The summed E-state index contributed by atoms with van der Waals surface area (Å²) >= 11 is 12.5. The molecule has 2 unspecified atom stereocenters. The zero-order valence-electron chi connectivity index (χ0n) is 15.1. The second-order valence-electron chi connectivity index (χ2n) is 5.41. The van der Waals surface area contributed by atoms with Crippen molar-refractivity contribution in [3.8, 4) is 0 Å². The Morgan fingerprint density at radius 3 is 1.28 bits per heavy atom. The lowest BCUT2D eigenvalue weighted by Crippen LogP contribution is -2.62. The largest absolute Gasteiger partial charge is 0.490 e. The minimum absolute atomic E-state index is 0.332. The Morgan fingerprint density at radius 1 is 0.640 bits per heavy atom. The molecule has 0 aromatic heterocycles. The minimum atomic E-state index is -3.52. The van der Waals surface area contributed by atoms with Gasteiger partial charge in [0.25, 0.3) is 0 Å². The zero-order valence-corrected chi connectivity index (χ0v) is 20.8. The molecule has 0 aliphatic heterocycles. The second-order valence-corrected chi connectivity index (χ2v) is 15.3. The first kappa shape index (κ1) is 26.4. The maximum atomic E-state index is 10.8. The van der Waals surface area contributed by atoms with E-state index in [0.29, 0.717) is 54.7 Å². The van der Waals surface area contributed by atoms with Gasteiger partial charge in [-0.05, 0) is 36.5 Å². The molecule has 0 radical (unpaired) electrons. The first-order chi connectivity index (χ1) is 11.8. The van der Waals surface area contributed by atoms with Crippen molar-refractivity contribution in [2.75, 3.05) is 38.6 Å². The molecule has 2 atom stereocenters. The Hall–Kier alpha value is 1.42. The summed E-state index contributed by atoms with van der Waals surface area (Å²) < 4.78 is 28.1. The molecular weight excluding hydrogens is 437 g/mol. The third-order valence-corrected chi connectivity index (χ3v) is 14.3. The van der Waals surface area contributed by atoms with E-state index in [1.165, 1.54) is 21.3 Å². The molecule has 0 aliphatic carbocycles. The van der Waals surface area contributed by atoms with Crippen LogP contribution in [0.15, 0.2) is 0 Å². The van der Waals surface area contributed by atoms with Crippen molar-refractivity contribution in [3.05, 3.63) is 0 Å². The smallest absolute Gasteiger partial charge is 0.390 e. The highest BCUT2D eigenvalue weighted by Gasteiger charge is 2.55. The standard InChI is InChI=1S/C12H32O7S3Si3/c1-15-23(13,10-4-7-20)18-25(17-3,12-6-9-22)19-24(14,16-2)11-5-8-21/h13-14,20-22H,4-12H2,1-3H3. The van der Waals surface area contributed by atoms with Crippen molar-refractivity contribution in [2.45, 2.75) is 37.4 Å². The molecule has 25 heavy (non-hydrogen) atoms. The van der Waals surface area contributed by atoms with Crippen LogP contribution in [0.5, 0.6) is 0 Å². The molecule has 0 saturated heterocycles. The summed E-state index contributed by atoms with van der Waals surface area (Å²) in [5.74, 6) is 1.79. The maximum absolute atomic E-state index is 10.8. The normalized spacial score (nSPS) is 19.2. The predicted octanol–water partition coefficient (Wildman–Crippen LogP) is 1.72. The number of rotatable bonds is 16. The fourth-order valence-electron chi connectivity index (χ4n) is 2.08. The molecule has 2 N–H and O–H groups in total. The molecule has 0 spiro atoms. The van der Waals surface area contributed by atoms with Crippen LogP contribution in [-0.4, -0.2) is 74.6 Å². The van der Waals surface area contributed by atoms with E-state index >= 15 is 0 Å². The molecule has 152 valence electrons. The average molecular weight is 469 g/mol. The molecule has 0 fully saturated rings. The van der Waals surface area contributed by atoms with E-state index in [9.17, 15) is 9.59 Å². The van der Waals surface area contributed by atoms with Crippen LogP contribution in [0.2, 0.25) is 18.1 Å². The molecule has 13 heteroatoms. The van der Waals surface area contributed by atoms with Gasteiger partial charge in [0, 0.05) is 39.5 Å². The van der Waals surface area contributed by atoms with Crippen molar-refractivity contribution >= 4 is 64.3 Å². The molecule has 0 saturated carbocycles. The van der Waals surface area contributed by atoms with Gasteiger partial charge in [-0.25, -0.2) is 0 Å². The van der Waals surface area contributed by atoms with Gasteiger partial charge in [0.15, 0.2) is 0 Å². The van der Waals surface area contributed by atoms with Crippen LogP contribution in [0, 0.1) is 0 Å². The summed E-state index contributed by atoms with van der Waals surface area (Å²) in [7, 11) is -6.20. The highest BCUT2D eigenvalue weighted by atomic mass is 32.1. The van der Waals surface area contributed by atoms with Gasteiger partial charge in [0.1, 0.15) is 0 Å². The van der Waals surface area contributed by atoms with E-state index in [0.717, 1.165) is 0 Å². The van der Waals surface area contributed by atoms with Crippen LogP contribution in [0.3, 0.4) is 0 Å². The van der Waals surface area contributed by atoms with Crippen LogP contribution >= 0.6 is 37.9 Å². The lowest BCUT2D eigenvalue weighted by Gasteiger charge is -2.38. The van der Waals surface area contributed by atoms with Crippen molar-refractivity contribution in [1.29, 1.82) is 0 Å². The van der Waals surface area contributed by atoms with Gasteiger partial charge in [-0.3, -0.25) is 0 Å². The Morgan fingerprint density at radius 2 is 1.00 bits per heavy atom. The van der Waals surface area contributed by atoms with E-state index in [2.05, 4.69) is 37.9 Å². The van der Waals surface area contributed by atoms with Gasteiger partial charge in [-0.15, -0.1) is 0 Å². The van der Waals surface area contributed by atoms with E-state index in [4.69, 9.17) is 21.5 Å². The average Bonchev–Trinajstić information content (AvgIpc) is 2.63. The summed E-state index contributed by atoms with van der Waals surface area (Å²) in [5, 5.41) is 0. The first-order valence-electron chi connectivity index (χ1n) is 8.11. The number of thiol groups is 3. The summed E-state index contributed by atoms with van der Waals surface area (Å²) in [6.45, 7) is 0. The van der Waals surface area contributed by atoms with Gasteiger partial charge in [-0.1, -0.05) is 0 Å². The van der Waals surface area contributed by atoms with E-state index in [1.54, 1.807) is 0 Å². The van der Waals surface area contributed by atoms with E-state index < -0.39 is 26.4 Å². The fourth-order valence-corrected chi connectivity index (χ4v) is 13.3. The zero-order chi connectivity index (χ0) is 19.4. The Labute approximate surface area is 171 Å². The third kappa shape index (κ3) is 9.96. The number of hydrogen-bond acceptors (Lipinski definition) is 10. The molecule has 0 rings (SSSR count). The van der Waals surface area contributed by atoms with Crippen molar-refractivity contribution < 1.29 is 31.1 Å². The highest BCUT2D eigenvalue weighted by Crippen LogP contribution is 2.29. The Bertz CT molecular complexity index is 338. The summed E-state index contributed by atoms with van der Waals surface area (Å²) in [5.41, 5.74) is 0. The van der Waals surface area contributed by atoms with Crippen LogP contribution in [-0.2, 0) is 21.5 Å². The molecule has 7 nitrogen and oxygen atoms in total. The molecular formula is C12H32O7S3Si3. The Kier molecular flexibility index (Phi) is 14.3. The van der Waals surface area contributed by atoms with Crippen LogP contribution in [0.1, 0.15) is 19.3 Å². The summed E-state index contributed by atoms with van der Waals surface area (Å²) in [6.07, 6.45) is 1.91. The minimum Gasteiger partial charge on any atom is -0.390 e. The van der Waals surface area contributed by atoms with E-state index in [-0.39, 0.29) is 0 Å². The number of hydrogen-bond donors (Lipinski definition) is 5. The summed E-state index contributed by atoms with van der Waals surface area (Å²) in [6, 6.07) is 1.06. The van der Waals surface area contributed by atoms with Gasteiger partial charge in [0.2, 0.25) is 0 Å². The van der Waals surface area contributed by atoms with E-state index in [1.807, 2.05) is 0 Å². The molecule has 0 heterocycles. The van der Waals surface area contributed by atoms with Crippen LogP contribution in [0.25, 0.3) is 0 Å². The monoisotopic (exact) mass is 468 g/mol. The van der Waals surface area contributed by atoms with Crippen molar-refractivity contribution in [2.24, 2.45) is 0 Å². The molecule has 0 aromatic carbocycles. The van der Waals surface area contributed by atoms with Crippen LogP contribution in [0.4, 0.5) is 0 Å². The quantitative estimate of drug-likeness (QED) is 0.174. The molecule has 0 aromatic rings. The van der Waals surface area contributed by atoms with Crippen molar-refractivity contribution in [3.63, 3.8) is 0 Å². The fraction of sp³-hybridized carbons (Fsp3) is 1.00. The SMILES string of the molecule is CO[Si](O)(CCCS)O[Si](CCCS)(OC)O[Si](O)(CCCS)OC. The molecule has 0 aliphatic rings. The Balaban J connectivity index is 5.45. The van der Waals surface area contributed by atoms with Gasteiger partial charge < -0.3 is 31.1 Å². The topological polar surface area (TPSA) is 86.6 Å².